The second kappa shape index (κ2) is 3.63. The molecule has 0 aliphatic carbocycles. The Labute approximate surface area is 84.2 Å². The largest absolute Gasteiger partial charge is 0.330 e. The van der Waals surface area contributed by atoms with Crippen LogP contribution in [0.15, 0.2) is 18.7 Å². The third-order valence-corrected chi connectivity index (χ3v) is 3.11. The zero-order valence-corrected chi connectivity index (χ0v) is 8.48. The van der Waals surface area contributed by atoms with Gasteiger partial charge in [-0.3, -0.25) is 0 Å². The van der Waals surface area contributed by atoms with Crippen LogP contribution in [0.4, 0.5) is 0 Å². The number of likely N-dealkylation sites (tertiary alicyclic amines) is 1. The molecule has 1 aliphatic heterocycles. The molecular weight excluding hydrogens is 176 g/mol. The van der Waals surface area contributed by atoms with E-state index in [-0.39, 0.29) is 5.41 Å². The second-order valence-electron chi connectivity index (χ2n) is 4.10. The molecule has 2 N–H and O–H groups in total. The van der Waals surface area contributed by atoms with Crippen LogP contribution >= 0.6 is 0 Å². The van der Waals surface area contributed by atoms with Crippen LogP contribution in [0.1, 0.15) is 12.0 Å². The van der Waals surface area contributed by atoms with E-state index in [2.05, 4.69) is 21.9 Å². The Morgan fingerprint density at radius 2 is 2.21 bits per heavy atom. The third-order valence-electron chi connectivity index (χ3n) is 3.11. The molecule has 14 heavy (non-hydrogen) atoms. The van der Waals surface area contributed by atoms with Crippen molar-refractivity contribution in [1.82, 2.24) is 14.9 Å². The summed E-state index contributed by atoms with van der Waals surface area (Å²) in [6.45, 7) is 2.79. The number of rotatable bonds is 2. The van der Waals surface area contributed by atoms with E-state index in [4.69, 9.17) is 5.73 Å². The van der Waals surface area contributed by atoms with Crippen LogP contribution in [0.5, 0.6) is 0 Å². The van der Waals surface area contributed by atoms with Gasteiger partial charge in [0.05, 0.1) is 0 Å². The normalized spacial score (nSPS) is 28.1. The maximum Gasteiger partial charge on any atom is 0.115 e. The van der Waals surface area contributed by atoms with Crippen molar-refractivity contribution in [1.29, 1.82) is 0 Å². The summed E-state index contributed by atoms with van der Waals surface area (Å²) in [6, 6.07) is 0. The maximum atomic E-state index is 5.88. The van der Waals surface area contributed by atoms with E-state index in [9.17, 15) is 0 Å². The maximum absolute atomic E-state index is 5.88. The van der Waals surface area contributed by atoms with Gasteiger partial charge >= 0.3 is 0 Å². The predicted molar refractivity (Wildman–Crippen MR) is 54.9 cm³/mol. The number of nitrogens with zero attached hydrogens (tertiary/aromatic N) is 3. The molecule has 0 spiro atoms. The summed E-state index contributed by atoms with van der Waals surface area (Å²) in [5.74, 6) is 0. The van der Waals surface area contributed by atoms with Crippen molar-refractivity contribution in [3.63, 3.8) is 0 Å². The van der Waals surface area contributed by atoms with E-state index < -0.39 is 0 Å². The van der Waals surface area contributed by atoms with Crippen LogP contribution in [-0.2, 0) is 5.41 Å². The van der Waals surface area contributed by atoms with Crippen LogP contribution in [0.25, 0.3) is 0 Å². The molecule has 1 fully saturated rings. The summed E-state index contributed by atoms with van der Waals surface area (Å²) in [7, 11) is 2.13. The minimum Gasteiger partial charge on any atom is -0.330 e. The van der Waals surface area contributed by atoms with Crippen molar-refractivity contribution >= 4 is 0 Å². The van der Waals surface area contributed by atoms with E-state index >= 15 is 0 Å². The molecule has 0 saturated carbocycles. The van der Waals surface area contributed by atoms with Crippen molar-refractivity contribution in [2.24, 2.45) is 5.73 Å². The quantitative estimate of drug-likeness (QED) is 0.717. The van der Waals surface area contributed by atoms with Gasteiger partial charge in [0.2, 0.25) is 0 Å². The lowest BCUT2D eigenvalue weighted by molar-refractivity contribution is 0.370. The average Bonchev–Trinajstić information content (AvgIpc) is 2.63. The molecular formula is C10H16N4. The monoisotopic (exact) mass is 192 g/mol. The highest BCUT2D eigenvalue weighted by Crippen LogP contribution is 2.31. The van der Waals surface area contributed by atoms with Crippen LogP contribution in [0.3, 0.4) is 0 Å². The zero-order chi connectivity index (χ0) is 10.0. The van der Waals surface area contributed by atoms with E-state index in [0.717, 1.165) is 19.5 Å². The molecule has 0 bridgehead atoms. The van der Waals surface area contributed by atoms with Gasteiger partial charge in [-0.15, -0.1) is 0 Å². The molecule has 0 radical (unpaired) electrons. The molecule has 1 unspecified atom stereocenters. The highest BCUT2D eigenvalue weighted by molar-refractivity contribution is 5.22. The SMILES string of the molecule is CN1CCC(CN)(c2cncnc2)C1. The molecule has 1 saturated heterocycles. The summed E-state index contributed by atoms with van der Waals surface area (Å²) in [5.41, 5.74) is 7.13. The fourth-order valence-electron chi connectivity index (χ4n) is 2.17. The fraction of sp³-hybridized carbons (Fsp3) is 0.600. The van der Waals surface area contributed by atoms with Crippen molar-refractivity contribution in [3.05, 3.63) is 24.3 Å². The van der Waals surface area contributed by atoms with Crippen molar-refractivity contribution in [3.8, 4) is 0 Å². The molecule has 1 atom stereocenters. The van der Waals surface area contributed by atoms with E-state index in [1.165, 1.54) is 5.56 Å². The predicted octanol–water partition coefficient (Wildman–Crippen LogP) is 0.00860. The van der Waals surface area contributed by atoms with Crippen molar-refractivity contribution < 1.29 is 0 Å². The summed E-state index contributed by atoms with van der Waals surface area (Å²) in [6.07, 6.45) is 6.44. The highest BCUT2D eigenvalue weighted by Gasteiger charge is 2.37. The first-order valence-corrected chi connectivity index (χ1v) is 4.91. The van der Waals surface area contributed by atoms with Crippen LogP contribution < -0.4 is 5.73 Å². The van der Waals surface area contributed by atoms with Gasteiger partial charge in [0.25, 0.3) is 0 Å². The lowest BCUT2D eigenvalue weighted by Gasteiger charge is -2.26. The van der Waals surface area contributed by atoms with Gasteiger partial charge in [0.1, 0.15) is 6.33 Å². The highest BCUT2D eigenvalue weighted by atomic mass is 15.1. The minimum absolute atomic E-state index is 0.0794. The van der Waals surface area contributed by atoms with Gasteiger partial charge in [-0.2, -0.15) is 0 Å². The number of nitrogens with two attached hydrogens (primary N) is 1. The summed E-state index contributed by atoms with van der Waals surface area (Å²) < 4.78 is 0. The summed E-state index contributed by atoms with van der Waals surface area (Å²) in [4.78, 5) is 10.4. The third kappa shape index (κ3) is 1.51. The van der Waals surface area contributed by atoms with E-state index in [1.807, 2.05) is 12.4 Å². The molecule has 0 amide bonds. The first-order chi connectivity index (χ1) is 6.77. The lowest BCUT2D eigenvalue weighted by atomic mass is 9.81. The summed E-state index contributed by atoms with van der Waals surface area (Å²) in [5, 5.41) is 0. The number of hydrogen-bond acceptors (Lipinski definition) is 4. The Morgan fingerprint density at radius 1 is 1.50 bits per heavy atom. The number of hydrogen-bond donors (Lipinski definition) is 1. The van der Waals surface area contributed by atoms with Crippen LogP contribution in [-0.4, -0.2) is 41.5 Å². The Bertz CT molecular complexity index is 300. The topological polar surface area (TPSA) is 55.0 Å². The van der Waals surface area contributed by atoms with Crippen LogP contribution in [0.2, 0.25) is 0 Å². The Kier molecular flexibility index (Phi) is 2.48. The fourth-order valence-corrected chi connectivity index (χ4v) is 2.17. The van der Waals surface area contributed by atoms with E-state index in [1.54, 1.807) is 6.33 Å². The second-order valence-corrected chi connectivity index (χ2v) is 4.10. The first-order valence-electron chi connectivity index (χ1n) is 4.91. The number of likely N-dealkylation sites (N-methyl/N-ethyl adjacent to an activating group) is 1. The smallest absolute Gasteiger partial charge is 0.115 e. The summed E-state index contributed by atoms with van der Waals surface area (Å²) >= 11 is 0. The molecule has 0 aromatic carbocycles. The van der Waals surface area contributed by atoms with Gasteiger partial charge in [-0.1, -0.05) is 0 Å². The molecule has 76 valence electrons. The molecule has 1 aliphatic rings. The first kappa shape index (κ1) is 9.55. The molecule has 1 aromatic rings. The Morgan fingerprint density at radius 3 is 2.71 bits per heavy atom. The van der Waals surface area contributed by atoms with Gasteiger partial charge in [0, 0.05) is 30.9 Å². The molecule has 1 aromatic heterocycles. The van der Waals surface area contributed by atoms with Gasteiger partial charge in [0.15, 0.2) is 0 Å². The molecule has 4 heteroatoms. The zero-order valence-electron chi connectivity index (χ0n) is 8.48. The average molecular weight is 192 g/mol. The van der Waals surface area contributed by atoms with Gasteiger partial charge in [-0.25, -0.2) is 9.97 Å². The molecule has 4 nitrogen and oxygen atoms in total. The minimum atomic E-state index is 0.0794. The van der Waals surface area contributed by atoms with Gasteiger partial charge < -0.3 is 10.6 Å². The standard InChI is InChI=1S/C10H16N4/c1-14-3-2-10(6-11,7-14)9-4-12-8-13-5-9/h4-5,8H,2-3,6-7,11H2,1H3. The Balaban J connectivity index is 2.30. The van der Waals surface area contributed by atoms with Crippen molar-refractivity contribution in [2.75, 3.05) is 26.7 Å². The number of aromatic nitrogens is 2. The van der Waals surface area contributed by atoms with Gasteiger partial charge in [-0.05, 0) is 25.6 Å². The van der Waals surface area contributed by atoms with Crippen molar-refractivity contribution in [2.45, 2.75) is 11.8 Å². The van der Waals surface area contributed by atoms with Crippen LogP contribution in [0, 0.1) is 0 Å². The lowest BCUT2D eigenvalue weighted by Crippen LogP contribution is -2.37. The van der Waals surface area contributed by atoms with E-state index in [0.29, 0.717) is 6.54 Å². The molecule has 2 rings (SSSR count). The molecule has 2 heterocycles. The Hall–Kier alpha value is -1.00.